The van der Waals surface area contributed by atoms with Crippen LogP contribution in [0.25, 0.3) is 5.69 Å². The molecule has 0 saturated heterocycles. The number of hydrogen-bond acceptors (Lipinski definition) is 2. The van der Waals surface area contributed by atoms with Gasteiger partial charge in [0.2, 0.25) is 0 Å². The van der Waals surface area contributed by atoms with Gasteiger partial charge in [0.1, 0.15) is 16.8 Å². The van der Waals surface area contributed by atoms with Crippen LogP contribution in [-0.4, -0.2) is 15.7 Å². The molecule has 3 rings (SSSR count). The molecule has 0 aliphatic heterocycles. The number of anilines is 1. The molecular weight excluding hydrogens is 324 g/mol. The Balaban J connectivity index is 1.87. The summed E-state index contributed by atoms with van der Waals surface area (Å²) in [5.74, 6) is -2.18. The monoisotopic (exact) mass is 333 g/mol. The van der Waals surface area contributed by atoms with Gasteiger partial charge < -0.3 is 5.32 Å². The lowest BCUT2D eigenvalue weighted by molar-refractivity contribution is 0.102. The number of carbonyl (C=O) groups is 1. The smallest absolute Gasteiger partial charge is 0.260 e. The molecule has 1 aromatic heterocycles. The molecule has 0 atom stereocenters. The summed E-state index contributed by atoms with van der Waals surface area (Å²) < 4.78 is 27.7. The van der Waals surface area contributed by atoms with Gasteiger partial charge in [-0.05, 0) is 24.3 Å². The molecule has 0 unspecified atom stereocenters. The summed E-state index contributed by atoms with van der Waals surface area (Å²) >= 11 is 6.17. The van der Waals surface area contributed by atoms with Gasteiger partial charge in [0.25, 0.3) is 5.91 Å². The van der Waals surface area contributed by atoms with Gasteiger partial charge in [0.05, 0.1) is 17.4 Å². The number of nitrogens with zero attached hydrogens (tertiary/aromatic N) is 2. The second-order valence-electron chi connectivity index (χ2n) is 4.71. The van der Waals surface area contributed by atoms with E-state index in [0.29, 0.717) is 5.69 Å². The minimum absolute atomic E-state index is 0.00368. The van der Waals surface area contributed by atoms with Gasteiger partial charge in [-0.15, -0.1) is 0 Å². The lowest BCUT2D eigenvalue weighted by Crippen LogP contribution is -2.12. The molecule has 0 aliphatic rings. The van der Waals surface area contributed by atoms with Crippen molar-refractivity contribution in [1.29, 1.82) is 0 Å². The van der Waals surface area contributed by atoms with Crippen LogP contribution in [0, 0.1) is 11.6 Å². The Hall–Kier alpha value is -2.73. The van der Waals surface area contributed by atoms with Crippen molar-refractivity contribution in [3.8, 4) is 5.69 Å². The summed E-state index contributed by atoms with van der Waals surface area (Å²) in [7, 11) is 0. The number of aromatic nitrogens is 2. The number of amides is 1. The van der Waals surface area contributed by atoms with Crippen LogP contribution in [0.5, 0.6) is 0 Å². The molecule has 1 amide bonds. The quantitative estimate of drug-likeness (QED) is 0.785. The van der Waals surface area contributed by atoms with Crippen LogP contribution >= 0.6 is 11.6 Å². The highest BCUT2D eigenvalue weighted by Crippen LogP contribution is 2.22. The van der Waals surface area contributed by atoms with Gasteiger partial charge in [0.15, 0.2) is 0 Å². The Bertz CT molecular complexity index is 845. The molecule has 0 aliphatic carbocycles. The summed E-state index contributed by atoms with van der Waals surface area (Å²) in [6.07, 6.45) is 1.29. The zero-order valence-corrected chi connectivity index (χ0v) is 12.4. The molecule has 4 nitrogen and oxygen atoms in total. The fourth-order valence-electron chi connectivity index (χ4n) is 2.06. The van der Waals surface area contributed by atoms with E-state index in [1.165, 1.54) is 10.9 Å². The van der Waals surface area contributed by atoms with Gasteiger partial charge in [-0.2, -0.15) is 5.10 Å². The third-order valence-electron chi connectivity index (χ3n) is 3.08. The molecule has 116 valence electrons. The molecule has 0 spiro atoms. The van der Waals surface area contributed by atoms with E-state index >= 15 is 0 Å². The van der Waals surface area contributed by atoms with Gasteiger partial charge in [-0.25, -0.2) is 13.5 Å². The summed E-state index contributed by atoms with van der Waals surface area (Å²) in [5.41, 5.74) is 0.782. The van der Waals surface area contributed by atoms with E-state index in [9.17, 15) is 13.6 Å². The molecule has 1 heterocycles. The lowest BCUT2D eigenvalue weighted by Gasteiger charge is -2.06. The van der Waals surface area contributed by atoms with Crippen LogP contribution in [0.4, 0.5) is 14.5 Å². The molecule has 1 N–H and O–H groups in total. The number of benzene rings is 2. The second-order valence-corrected chi connectivity index (χ2v) is 5.07. The summed E-state index contributed by atoms with van der Waals surface area (Å²) in [5, 5.41) is 6.55. The van der Waals surface area contributed by atoms with E-state index in [0.717, 1.165) is 18.2 Å². The van der Waals surface area contributed by atoms with Crippen LogP contribution in [0.15, 0.2) is 54.7 Å². The second kappa shape index (κ2) is 6.18. The Labute approximate surface area is 135 Å². The number of nitrogens with one attached hydrogen (secondary N) is 1. The first-order valence-corrected chi connectivity index (χ1v) is 6.99. The van der Waals surface area contributed by atoms with Crippen LogP contribution < -0.4 is 5.32 Å². The lowest BCUT2D eigenvalue weighted by atomic mass is 10.2. The first-order valence-electron chi connectivity index (χ1n) is 6.61. The summed E-state index contributed by atoms with van der Waals surface area (Å²) in [4.78, 5) is 12.2. The van der Waals surface area contributed by atoms with Crippen molar-refractivity contribution in [2.24, 2.45) is 0 Å². The highest BCUT2D eigenvalue weighted by Gasteiger charge is 2.17. The van der Waals surface area contributed by atoms with Crippen molar-refractivity contribution < 1.29 is 13.6 Å². The molecule has 0 bridgehead atoms. The topological polar surface area (TPSA) is 46.9 Å². The van der Waals surface area contributed by atoms with E-state index < -0.39 is 17.5 Å². The molecule has 3 aromatic rings. The average molecular weight is 334 g/mol. The van der Waals surface area contributed by atoms with E-state index in [1.54, 1.807) is 12.1 Å². The van der Waals surface area contributed by atoms with Gasteiger partial charge in [-0.1, -0.05) is 29.8 Å². The maximum atomic E-state index is 13.2. The van der Waals surface area contributed by atoms with Crippen LogP contribution in [0.2, 0.25) is 5.15 Å². The average Bonchev–Trinajstić information content (AvgIpc) is 2.89. The van der Waals surface area contributed by atoms with Crippen LogP contribution in [-0.2, 0) is 0 Å². The minimum atomic E-state index is -0.786. The zero-order chi connectivity index (χ0) is 16.4. The number of carbonyl (C=O) groups excluding carboxylic acids is 1. The predicted octanol–water partition coefficient (Wildman–Crippen LogP) is 4.06. The predicted molar refractivity (Wildman–Crippen MR) is 82.9 cm³/mol. The van der Waals surface area contributed by atoms with E-state index in [4.69, 9.17) is 11.6 Å². The molecule has 7 heteroatoms. The van der Waals surface area contributed by atoms with Crippen molar-refractivity contribution in [2.45, 2.75) is 0 Å². The highest BCUT2D eigenvalue weighted by atomic mass is 35.5. The van der Waals surface area contributed by atoms with Gasteiger partial charge in [0, 0.05) is 11.8 Å². The molecule has 0 saturated carbocycles. The summed E-state index contributed by atoms with van der Waals surface area (Å²) in [6, 6.07) is 11.8. The van der Waals surface area contributed by atoms with Crippen molar-refractivity contribution >= 4 is 23.2 Å². The third-order valence-corrected chi connectivity index (χ3v) is 3.44. The molecule has 0 radical (unpaired) electrons. The normalized spacial score (nSPS) is 10.6. The van der Waals surface area contributed by atoms with Crippen LogP contribution in [0.1, 0.15) is 10.4 Å². The van der Waals surface area contributed by atoms with Crippen molar-refractivity contribution in [2.75, 3.05) is 5.32 Å². The van der Waals surface area contributed by atoms with E-state index in [-0.39, 0.29) is 16.4 Å². The minimum Gasteiger partial charge on any atom is -0.322 e. The Morgan fingerprint density at radius 3 is 2.39 bits per heavy atom. The van der Waals surface area contributed by atoms with Gasteiger partial charge in [-0.3, -0.25) is 4.79 Å². The summed E-state index contributed by atoms with van der Waals surface area (Å²) in [6.45, 7) is 0. The van der Waals surface area contributed by atoms with Gasteiger partial charge >= 0.3 is 0 Å². The van der Waals surface area contributed by atoms with Crippen molar-refractivity contribution in [3.05, 3.63) is 77.1 Å². The maximum Gasteiger partial charge on any atom is 0.260 e. The van der Waals surface area contributed by atoms with E-state index in [1.807, 2.05) is 18.2 Å². The molecule has 23 heavy (non-hydrogen) atoms. The highest BCUT2D eigenvalue weighted by molar-refractivity contribution is 6.33. The Morgan fingerprint density at radius 1 is 1.09 bits per heavy atom. The zero-order valence-electron chi connectivity index (χ0n) is 11.6. The first kappa shape index (κ1) is 15.2. The number of para-hydroxylation sites is 1. The number of hydrogen-bond donors (Lipinski definition) is 1. The molecule has 0 fully saturated rings. The van der Waals surface area contributed by atoms with Crippen molar-refractivity contribution in [3.63, 3.8) is 0 Å². The maximum absolute atomic E-state index is 13.2. The van der Waals surface area contributed by atoms with Crippen molar-refractivity contribution in [1.82, 2.24) is 9.78 Å². The Morgan fingerprint density at radius 2 is 1.74 bits per heavy atom. The molecular formula is C16H10ClF2N3O. The first-order chi connectivity index (χ1) is 11.0. The standard InChI is InChI=1S/C16H10ClF2N3O/c17-15-14(9-20-22(15)13-4-2-1-3-5-13)16(23)21-12-7-10(18)6-11(19)8-12/h1-9H,(H,21,23). The third kappa shape index (κ3) is 3.22. The van der Waals surface area contributed by atoms with E-state index in [2.05, 4.69) is 10.4 Å². The Kier molecular flexibility index (Phi) is 4.08. The number of halogens is 3. The fraction of sp³-hybridized carbons (Fsp3) is 0. The largest absolute Gasteiger partial charge is 0.322 e. The van der Waals surface area contributed by atoms with Crippen LogP contribution in [0.3, 0.4) is 0 Å². The SMILES string of the molecule is O=C(Nc1cc(F)cc(F)c1)c1cnn(-c2ccccc2)c1Cl. The molecule has 2 aromatic carbocycles. The number of rotatable bonds is 3. The fourth-order valence-corrected chi connectivity index (χ4v) is 2.34.